The Kier molecular flexibility index (Phi) is 27.6. The molecule has 0 saturated heterocycles. The molecule has 29 heteroatoms. The standard InChI is InChI=1S/C21H19N7O.C20H28N4O.C19H24N4O.C16H18N4O.C14H17N5O/c1-13(2)17-11-24-15(6-7-16-10-25-20-5-4-8-26-28(16)20)9-18(17)29-19-12-23-14(3)27-21(19)22;1-12(2)9-23-20-19(11-21-14(5)24-20)25-18-8-17(15-6-7-15)22-10-16(18)13(3)4;1-11(2)15-9-21-16(13-4-5-13)8-17(15)24-18-10-20-12(3)22-19(18)23-14-6-7-14;1-9(2)12-7-19-13(11-4-5-11)6-14(12)21-15-8-18-10(3)20-16(15)17;1-8(2)10-6-18-13(16-4)5-11(10)20-12-7-17-9(3)19-14(12)15/h4-5,8-13H,1-3H3,(H2,22,23,27);8,10-13,15H,6-7,9H2,1-5H3,(H,21,23,24);8-11,13-14H,4-7H2,1-3H3,(H,20,22,23);6-8,11H,1,4-5H2,2-3H3,(H2,17,18,20);5-7H,1H2,2-4H3,(H,16,18)(H2,15,17,19). The Labute approximate surface area is 695 Å². The zero-order chi connectivity index (χ0) is 84.7. The number of rotatable bonds is 24. The van der Waals surface area contributed by atoms with E-state index in [0.29, 0.717) is 134 Å². The molecule has 0 aliphatic heterocycles. The molecule has 12 heterocycles. The van der Waals surface area contributed by atoms with E-state index in [-0.39, 0.29) is 11.7 Å². The Morgan fingerprint density at radius 2 is 0.849 bits per heavy atom. The number of fused-ring (bicyclic) bond motifs is 1. The van der Waals surface area contributed by atoms with E-state index in [1.165, 1.54) is 51.4 Å². The van der Waals surface area contributed by atoms with Crippen molar-refractivity contribution in [2.45, 2.75) is 197 Å². The smallest absolute Gasteiger partial charge is 0.187 e. The van der Waals surface area contributed by atoms with Gasteiger partial charge in [-0.3, -0.25) is 15.0 Å². The van der Waals surface area contributed by atoms with E-state index in [9.17, 15) is 0 Å². The van der Waals surface area contributed by atoms with E-state index >= 15 is 0 Å². The van der Waals surface area contributed by atoms with Crippen LogP contribution < -0.4 is 56.8 Å². The van der Waals surface area contributed by atoms with Gasteiger partial charge in [-0.1, -0.05) is 68.5 Å². The van der Waals surface area contributed by atoms with E-state index in [1.807, 2.05) is 64.5 Å². The predicted molar refractivity (Wildman–Crippen MR) is 465 cm³/mol. The average Bonchev–Trinajstić information content (AvgIpc) is 1.80. The highest BCUT2D eigenvalue weighted by atomic mass is 16.5. The van der Waals surface area contributed by atoms with Gasteiger partial charge in [-0.2, -0.15) is 5.10 Å². The molecule has 9 N–H and O–H groups in total. The molecule has 12 aromatic rings. The van der Waals surface area contributed by atoms with Gasteiger partial charge in [0.1, 0.15) is 75.1 Å². The second-order valence-electron chi connectivity index (χ2n) is 31.3. The van der Waals surface area contributed by atoms with Crippen molar-refractivity contribution in [3.63, 3.8) is 0 Å². The van der Waals surface area contributed by atoms with Gasteiger partial charge in [0, 0.05) is 150 Å². The maximum Gasteiger partial charge on any atom is 0.187 e. The molecule has 4 saturated carbocycles. The number of anilines is 6. The molecule has 0 radical (unpaired) electrons. The minimum Gasteiger partial charge on any atom is -0.451 e. The number of ether oxygens (including phenoxy) is 5. The van der Waals surface area contributed by atoms with Gasteiger partial charge < -0.3 is 56.8 Å². The fraction of sp³-hybridized carbons (Fsp3) is 0.367. The Morgan fingerprint density at radius 1 is 0.445 bits per heavy atom. The first kappa shape index (κ1) is 85.0. The highest BCUT2D eigenvalue weighted by Gasteiger charge is 2.31. The van der Waals surface area contributed by atoms with Gasteiger partial charge in [0.15, 0.2) is 63.5 Å². The van der Waals surface area contributed by atoms with E-state index in [1.54, 1.807) is 100 Å². The van der Waals surface area contributed by atoms with Crippen molar-refractivity contribution in [1.29, 1.82) is 0 Å². The van der Waals surface area contributed by atoms with E-state index in [2.05, 4.69) is 193 Å². The van der Waals surface area contributed by atoms with Crippen LogP contribution in [0.3, 0.4) is 0 Å². The molecule has 0 spiro atoms. The molecule has 4 fully saturated rings. The van der Waals surface area contributed by atoms with Gasteiger partial charge in [0.2, 0.25) is 0 Å². The van der Waals surface area contributed by atoms with Crippen molar-refractivity contribution < 1.29 is 23.7 Å². The van der Waals surface area contributed by atoms with Gasteiger partial charge in [-0.15, -0.1) is 0 Å². The minimum atomic E-state index is 0.204. The maximum absolute atomic E-state index is 6.28. The van der Waals surface area contributed by atoms with Crippen molar-refractivity contribution in [3.05, 3.63) is 215 Å². The Bertz CT molecular complexity index is 5690. The lowest BCUT2D eigenvalue weighted by Gasteiger charge is -2.17. The monoisotopic (exact) mass is 1600 g/mol. The van der Waals surface area contributed by atoms with Gasteiger partial charge in [0.25, 0.3) is 0 Å². The lowest BCUT2D eigenvalue weighted by molar-refractivity contribution is 0.467. The molecule has 12 aromatic heterocycles. The number of nitrogens with one attached hydrogen (secondary N) is 3. The number of hydrogen-bond donors (Lipinski definition) is 6. The van der Waals surface area contributed by atoms with Crippen LogP contribution in [-0.4, -0.2) is 109 Å². The lowest BCUT2D eigenvalue weighted by Crippen LogP contribution is -2.11. The van der Waals surface area contributed by atoms with Gasteiger partial charge in [-0.05, 0) is 159 Å². The van der Waals surface area contributed by atoms with Gasteiger partial charge in [-0.25, -0.2) is 69.3 Å². The SMILES string of the molecule is C=C(C)c1cnc(C2CC2)cc1Oc1cnc(C)nc1N.C=C(C)c1cnc(NC)cc1Oc1cnc(C)nc1N.Cc1ncc(Oc2cc(C#Cc3cnc4cccnn34)ncc2C(C)C)c(N)n1.Cc1ncc(Oc2cc(C3CC3)ncc2C(C)C)c(NC2CC2)n1.Cc1ncc(Oc2cc(C3CC3)ncc2C(C)C)c(NCC(C)C)n1. The molecule has 29 nitrogen and oxygen atoms in total. The highest BCUT2D eigenvalue weighted by molar-refractivity contribution is 5.70. The van der Waals surface area contributed by atoms with E-state index in [4.69, 9.17) is 40.9 Å². The third kappa shape index (κ3) is 23.5. The Hall–Kier alpha value is -13.4. The first-order valence-corrected chi connectivity index (χ1v) is 40.2. The zero-order valence-corrected chi connectivity index (χ0v) is 70.7. The third-order valence-electron chi connectivity index (χ3n) is 19.3. The van der Waals surface area contributed by atoms with Crippen LogP contribution in [0.15, 0.2) is 130 Å². The van der Waals surface area contributed by atoms with Crippen molar-refractivity contribution in [2.75, 3.05) is 46.7 Å². The van der Waals surface area contributed by atoms with Crippen molar-refractivity contribution in [3.8, 4) is 69.3 Å². The van der Waals surface area contributed by atoms with Crippen LogP contribution in [0.1, 0.15) is 242 Å². The molecule has 0 unspecified atom stereocenters. The third-order valence-corrected chi connectivity index (χ3v) is 19.3. The summed E-state index contributed by atoms with van der Waals surface area (Å²) in [4.78, 5) is 69.1. The van der Waals surface area contributed by atoms with Crippen LogP contribution in [-0.2, 0) is 0 Å². The summed E-state index contributed by atoms with van der Waals surface area (Å²) in [5, 5.41) is 14.1. The molecule has 0 aromatic carbocycles. The predicted octanol–water partition coefficient (Wildman–Crippen LogP) is 18.8. The van der Waals surface area contributed by atoms with Gasteiger partial charge >= 0.3 is 0 Å². The summed E-state index contributed by atoms with van der Waals surface area (Å²) in [5.74, 6) is 22.0. The molecule has 0 atom stereocenters. The number of nitrogen functional groups attached to an aromatic ring is 3. The summed E-state index contributed by atoms with van der Waals surface area (Å²) in [6, 6.07) is 14.0. The lowest BCUT2D eigenvalue weighted by atomic mass is 10.0. The van der Waals surface area contributed by atoms with Crippen LogP contribution in [0, 0.1) is 52.4 Å². The summed E-state index contributed by atoms with van der Waals surface area (Å²) in [6.07, 6.45) is 30.5. The van der Waals surface area contributed by atoms with Crippen molar-refractivity contribution in [2.24, 2.45) is 5.92 Å². The summed E-state index contributed by atoms with van der Waals surface area (Å²) < 4.78 is 32.0. The van der Waals surface area contributed by atoms with Crippen molar-refractivity contribution in [1.82, 2.24) is 89.4 Å². The fourth-order valence-electron chi connectivity index (χ4n) is 12.0. The van der Waals surface area contributed by atoms with Crippen molar-refractivity contribution >= 4 is 51.7 Å². The maximum atomic E-state index is 6.28. The minimum absolute atomic E-state index is 0.204. The van der Waals surface area contributed by atoms with Crippen LogP contribution in [0.4, 0.5) is 34.9 Å². The van der Waals surface area contributed by atoms with E-state index < -0.39 is 0 Å². The molecule has 616 valence electrons. The molecule has 16 rings (SSSR count). The van der Waals surface area contributed by atoms with Crippen LogP contribution >= 0.6 is 0 Å². The zero-order valence-electron chi connectivity index (χ0n) is 70.7. The van der Waals surface area contributed by atoms with E-state index in [0.717, 1.165) is 103 Å². The Morgan fingerprint density at radius 3 is 1.29 bits per heavy atom. The van der Waals surface area contributed by atoms with Crippen LogP contribution in [0.5, 0.6) is 57.5 Å². The first-order valence-electron chi connectivity index (χ1n) is 40.2. The summed E-state index contributed by atoms with van der Waals surface area (Å²) in [6.45, 7) is 38.8. The quantitative estimate of drug-likeness (QED) is 0.0306. The molecular weight excluding hydrogens is 1500 g/mol. The number of aryl methyl sites for hydroxylation is 5. The second kappa shape index (κ2) is 38.6. The second-order valence-corrected chi connectivity index (χ2v) is 31.3. The largest absolute Gasteiger partial charge is 0.451 e. The topological polar surface area (TPSA) is 384 Å². The molecular formula is C90H106N24O5. The number of aromatic nitrogens is 18. The van der Waals surface area contributed by atoms with Crippen LogP contribution in [0.2, 0.25) is 0 Å². The van der Waals surface area contributed by atoms with Gasteiger partial charge in [0.05, 0.1) is 37.2 Å². The number of nitrogens with zero attached hydrogens (tertiary/aromatic N) is 18. The number of imidazole rings is 1. The molecule has 119 heavy (non-hydrogen) atoms. The highest BCUT2D eigenvalue weighted by Crippen LogP contribution is 2.46. The molecule has 0 amide bonds. The molecule has 4 aliphatic carbocycles. The summed E-state index contributed by atoms with van der Waals surface area (Å²) in [7, 11) is 1.79. The first-order chi connectivity index (χ1) is 57.1. The van der Waals surface area contributed by atoms with Crippen LogP contribution in [0.25, 0.3) is 16.8 Å². The number of pyridine rings is 5. The number of allylic oxidation sites excluding steroid dienone is 2. The molecule has 4 aliphatic rings. The fourth-order valence-corrected chi connectivity index (χ4v) is 12.0. The normalized spacial score (nSPS) is 13.2. The summed E-state index contributed by atoms with van der Waals surface area (Å²) >= 11 is 0. The molecule has 0 bridgehead atoms. The summed E-state index contributed by atoms with van der Waals surface area (Å²) in [5.41, 5.74) is 29.6. The average molecular weight is 1600 g/mol. The number of nitrogens with two attached hydrogens (primary N) is 3. The number of hydrogen-bond acceptors (Lipinski definition) is 28. The Balaban J connectivity index is 0.000000137.